The molecule has 14 heteroatoms. The Hall–Kier alpha value is -2.09. The van der Waals surface area contributed by atoms with Gasteiger partial charge in [-0.3, -0.25) is 0 Å². The zero-order valence-corrected chi connectivity index (χ0v) is 16.0. The molecule has 2 heterocycles. The van der Waals surface area contributed by atoms with E-state index in [4.69, 9.17) is 16.3 Å². The number of nitrogens with zero attached hydrogens (tertiary/aromatic N) is 2. The molecule has 3 rings (SSSR count). The Bertz CT molecular complexity index is 965. The fourth-order valence-electron chi connectivity index (χ4n) is 1.98. The number of carbonyl (C=O) groups excluding carboxylic acids is 1. The van der Waals surface area contributed by atoms with Gasteiger partial charge in [0.2, 0.25) is 5.13 Å². The van der Waals surface area contributed by atoms with Crippen molar-refractivity contribution in [2.75, 3.05) is 17.6 Å². The summed E-state index contributed by atoms with van der Waals surface area (Å²) in [6, 6.07) is 3.32. The summed E-state index contributed by atoms with van der Waals surface area (Å²) in [7, 11) is -4.75. The standard InChI is InChI=1S/C14H11ClF3N3O5S2/c15-10-5-9(1-2-11(10)25-8-6-19-7-8)28(23,24)21(13-20-3-4-27-13)26-12(22)14(16,17)18/h1-5,8,19H,6-7H2. The van der Waals surface area contributed by atoms with E-state index < -0.39 is 32.2 Å². The second kappa shape index (κ2) is 7.73. The van der Waals surface area contributed by atoms with E-state index in [1.807, 2.05) is 0 Å². The van der Waals surface area contributed by atoms with Crippen molar-refractivity contribution >= 4 is 44.1 Å². The summed E-state index contributed by atoms with van der Waals surface area (Å²) in [5.74, 6) is -2.50. The van der Waals surface area contributed by atoms with Gasteiger partial charge in [-0.1, -0.05) is 16.1 Å². The first-order valence-corrected chi connectivity index (χ1v) is 10.2. The van der Waals surface area contributed by atoms with Crippen LogP contribution in [0, 0.1) is 0 Å². The van der Waals surface area contributed by atoms with Gasteiger partial charge < -0.3 is 14.9 Å². The molecule has 8 nitrogen and oxygen atoms in total. The van der Waals surface area contributed by atoms with E-state index in [1.165, 1.54) is 11.4 Å². The Labute approximate surface area is 165 Å². The maximum atomic E-state index is 12.8. The monoisotopic (exact) mass is 457 g/mol. The lowest BCUT2D eigenvalue weighted by molar-refractivity contribution is -0.199. The summed E-state index contributed by atoms with van der Waals surface area (Å²) >= 11 is 6.70. The molecular weight excluding hydrogens is 447 g/mol. The zero-order chi connectivity index (χ0) is 20.5. The fraction of sp³-hybridized carbons (Fsp3) is 0.286. The Kier molecular flexibility index (Phi) is 5.70. The number of rotatable bonds is 6. The Morgan fingerprint density at radius 3 is 2.57 bits per heavy atom. The summed E-state index contributed by atoms with van der Waals surface area (Å²) in [5.41, 5.74) is 0. The third kappa shape index (κ3) is 4.32. The normalized spacial score (nSPS) is 15.0. The summed E-state index contributed by atoms with van der Waals surface area (Å²) in [6.45, 7) is 1.20. The molecule has 1 saturated heterocycles. The predicted octanol–water partition coefficient (Wildman–Crippen LogP) is 2.36. The molecule has 0 bridgehead atoms. The number of hydrogen-bond acceptors (Lipinski definition) is 8. The number of alkyl halides is 3. The second-order valence-electron chi connectivity index (χ2n) is 5.41. The molecule has 1 fully saturated rings. The molecule has 1 N–H and O–H groups in total. The Morgan fingerprint density at radius 1 is 1.36 bits per heavy atom. The zero-order valence-electron chi connectivity index (χ0n) is 13.6. The molecule has 0 aliphatic carbocycles. The number of halogens is 4. The minimum atomic E-state index is -5.41. The van der Waals surface area contributed by atoms with E-state index >= 15 is 0 Å². The lowest BCUT2D eigenvalue weighted by Gasteiger charge is -2.28. The van der Waals surface area contributed by atoms with Gasteiger partial charge in [-0.2, -0.15) is 21.6 Å². The Morgan fingerprint density at radius 2 is 2.07 bits per heavy atom. The maximum Gasteiger partial charge on any atom is 0.493 e. The molecule has 1 aliphatic rings. The number of nitrogens with one attached hydrogen (secondary N) is 1. The van der Waals surface area contributed by atoms with Crippen LogP contribution < -0.4 is 14.5 Å². The molecular formula is C14H11ClF3N3O5S2. The molecule has 0 saturated carbocycles. The summed E-state index contributed by atoms with van der Waals surface area (Å²) in [6.07, 6.45) is -4.39. The molecule has 152 valence electrons. The van der Waals surface area contributed by atoms with Gasteiger partial charge in [-0.15, -0.1) is 11.3 Å². The van der Waals surface area contributed by atoms with Crippen molar-refractivity contribution in [3.05, 3.63) is 34.8 Å². The molecule has 0 unspecified atom stereocenters. The predicted molar refractivity (Wildman–Crippen MR) is 92.7 cm³/mol. The van der Waals surface area contributed by atoms with Crippen molar-refractivity contribution in [2.24, 2.45) is 0 Å². The van der Waals surface area contributed by atoms with Crippen molar-refractivity contribution in [1.82, 2.24) is 10.3 Å². The maximum absolute atomic E-state index is 12.8. The van der Waals surface area contributed by atoms with Crippen molar-refractivity contribution in [2.45, 2.75) is 17.2 Å². The van der Waals surface area contributed by atoms with Crippen LogP contribution in [0.2, 0.25) is 5.02 Å². The molecule has 2 aromatic rings. The average molecular weight is 458 g/mol. The number of aromatic nitrogens is 1. The molecule has 1 aliphatic heterocycles. The van der Waals surface area contributed by atoms with Crippen LogP contribution in [0.5, 0.6) is 5.75 Å². The topological polar surface area (TPSA) is 97.8 Å². The average Bonchev–Trinajstić information content (AvgIpc) is 3.09. The fourth-order valence-corrected chi connectivity index (χ4v) is 4.30. The van der Waals surface area contributed by atoms with Gasteiger partial charge in [0, 0.05) is 24.7 Å². The van der Waals surface area contributed by atoms with E-state index in [0.717, 1.165) is 18.3 Å². The molecule has 1 aromatic carbocycles. The van der Waals surface area contributed by atoms with Crippen LogP contribution in [0.1, 0.15) is 0 Å². The first kappa shape index (κ1) is 20.6. The van der Waals surface area contributed by atoms with E-state index in [1.54, 1.807) is 0 Å². The molecule has 1 aromatic heterocycles. The van der Waals surface area contributed by atoms with Gasteiger partial charge in [-0.25, -0.2) is 9.78 Å². The molecule has 0 atom stereocenters. The van der Waals surface area contributed by atoms with Crippen LogP contribution in [-0.4, -0.2) is 44.7 Å². The third-order valence-electron chi connectivity index (χ3n) is 3.43. The number of hydrogen-bond donors (Lipinski definition) is 1. The minimum absolute atomic E-state index is 0.0748. The quantitative estimate of drug-likeness (QED) is 0.665. The highest BCUT2D eigenvalue weighted by molar-refractivity contribution is 7.92. The third-order valence-corrected chi connectivity index (χ3v) is 6.11. The van der Waals surface area contributed by atoms with Gasteiger partial charge in [-0.05, 0) is 18.2 Å². The molecule has 0 radical (unpaired) electrons. The first-order valence-electron chi connectivity index (χ1n) is 7.50. The molecule has 28 heavy (non-hydrogen) atoms. The smallest absolute Gasteiger partial charge is 0.486 e. The van der Waals surface area contributed by atoms with Gasteiger partial charge in [0.25, 0.3) is 10.0 Å². The van der Waals surface area contributed by atoms with E-state index in [2.05, 4.69) is 15.1 Å². The lowest BCUT2D eigenvalue weighted by Crippen LogP contribution is -2.50. The second-order valence-corrected chi connectivity index (χ2v) is 8.45. The summed E-state index contributed by atoms with van der Waals surface area (Å²) < 4.78 is 68.6. The minimum Gasteiger partial charge on any atom is -0.486 e. The number of carbonyl (C=O) groups is 1. The van der Waals surface area contributed by atoms with Gasteiger partial charge in [0.1, 0.15) is 11.9 Å². The van der Waals surface area contributed by atoms with Crippen molar-refractivity contribution < 1.29 is 36.0 Å². The van der Waals surface area contributed by atoms with E-state index in [9.17, 15) is 26.4 Å². The number of anilines is 1. The highest BCUT2D eigenvalue weighted by atomic mass is 35.5. The van der Waals surface area contributed by atoms with Crippen LogP contribution in [0.15, 0.2) is 34.7 Å². The number of ether oxygens (including phenoxy) is 1. The first-order chi connectivity index (χ1) is 13.1. The van der Waals surface area contributed by atoms with Crippen LogP contribution >= 0.6 is 22.9 Å². The van der Waals surface area contributed by atoms with Crippen LogP contribution in [-0.2, 0) is 19.7 Å². The van der Waals surface area contributed by atoms with Crippen molar-refractivity contribution in [3.8, 4) is 5.75 Å². The lowest BCUT2D eigenvalue weighted by atomic mass is 10.2. The van der Waals surface area contributed by atoms with Gasteiger partial charge in [0.15, 0.2) is 0 Å². The molecule has 0 spiro atoms. The molecule has 0 amide bonds. The SMILES string of the molecule is O=C(ON(c1nccs1)S(=O)(=O)c1ccc(OC2CNC2)c(Cl)c1)C(F)(F)F. The summed E-state index contributed by atoms with van der Waals surface area (Å²) in [4.78, 5) is 18.4. The van der Waals surface area contributed by atoms with Gasteiger partial charge >= 0.3 is 12.1 Å². The van der Waals surface area contributed by atoms with E-state index in [0.29, 0.717) is 24.4 Å². The van der Waals surface area contributed by atoms with E-state index in [-0.39, 0.29) is 21.3 Å². The number of thiazole rings is 1. The number of sulfonamides is 1. The largest absolute Gasteiger partial charge is 0.493 e. The number of benzene rings is 1. The van der Waals surface area contributed by atoms with Crippen LogP contribution in [0.3, 0.4) is 0 Å². The van der Waals surface area contributed by atoms with Crippen molar-refractivity contribution in [3.63, 3.8) is 0 Å². The Balaban J connectivity index is 1.92. The highest BCUT2D eigenvalue weighted by Gasteiger charge is 2.45. The van der Waals surface area contributed by atoms with Crippen LogP contribution in [0.4, 0.5) is 18.3 Å². The van der Waals surface area contributed by atoms with Crippen molar-refractivity contribution in [1.29, 1.82) is 0 Å². The summed E-state index contributed by atoms with van der Waals surface area (Å²) in [5, 5.41) is 3.72. The van der Waals surface area contributed by atoms with Gasteiger partial charge in [0.05, 0.1) is 9.92 Å². The van der Waals surface area contributed by atoms with Crippen LogP contribution in [0.25, 0.3) is 0 Å². The highest BCUT2D eigenvalue weighted by Crippen LogP contribution is 2.33.